The number of ketones is 14. The zero-order valence-electron chi connectivity index (χ0n) is 99.2. The van der Waals surface area contributed by atoms with Crippen LogP contribution >= 0.6 is 0 Å². The van der Waals surface area contributed by atoms with Gasteiger partial charge in [-0.05, 0) is 83.5 Å². The van der Waals surface area contributed by atoms with E-state index in [2.05, 4.69) is 0 Å². The van der Waals surface area contributed by atoms with Crippen molar-refractivity contribution in [3.05, 3.63) is 0 Å². The third-order valence-corrected chi connectivity index (χ3v) is 22.2. The number of carbonyl (C=O) groups excluding carboxylic acids is 14. The maximum absolute atomic E-state index is 11.7. The molecule has 0 heterocycles. The molecule has 0 aliphatic heterocycles. The second kappa shape index (κ2) is 79.3. The topological polar surface area (TPSA) is 267 Å². The molecule has 0 amide bonds. The largest absolute Gasteiger partial charge is 0.500 e. The Bertz CT molecular complexity index is 2350. The highest BCUT2D eigenvalue weighted by molar-refractivity contribution is 6.60. The van der Waals surface area contributed by atoms with Crippen LogP contribution in [0.3, 0.4) is 0 Å². The maximum atomic E-state index is 11.7. The van der Waals surface area contributed by atoms with Crippen LogP contribution in [0.4, 0.5) is 0 Å². The van der Waals surface area contributed by atoms with E-state index in [9.17, 15) is 67.1 Å². The molecular formula is C114H230O17Si. The molecule has 17 nitrogen and oxygen atoms in total. The summed E-state index contributed by atoms with van der Waals surface area (Å²) in [6.45, 7) is 109. The zero-order chi connectivity index (χ0) is 110. The van der Waals surface area contributed by atoms with Gasteiger partial charge in [0.05, 0.1) is 0 Å². The maximum Gasteiger partial charge on any atom is 0.500 e. The van der Waals surface area contributed by atoms with Crippen LogP contribution in [0.2, 0.25) is 6.04 Å². The lowest BCUT2D eigenvalue weighted by Crippen LogP contribution is -2.43. The molecule has 0 rings (SSSR count). The average Bonchev–Trinajstić information content (AvgIpc) is 0.866. The molecule has 0 saturated heterocycles. The van der Waals surface area contributed by atoms with E-state index >= 15 is 0 Å². The number of carbonyl (C=O) groups is 14. The first-order chi connectivity index (χ1) is 58.6. The van der Waals surface area contributed by atoms with Crippen LogP contribution in [0, 0.1) is 75.8 Å². The van der Waals surface area contributed by atoms with Crippen molar-refractivity contribution in [2.45, 2.75) is 560 Å². The third-order valence-electron chi connectivity index (χ3n) is 19.5. The summed E-state index contributed by atoms with van der Waals surface area (Å²) in [6, 6.07) is 0.534. The molecule has 0 aromatic carbocycles. The second-order valence-corrected chi connectivity index (χ2v) is 52.1. The van der Waals surface area contributed by atoms with Crippen molar-refractivity contribution in [1.29, 1.82) is 0 Å². The van der Waals surface area contributed by atoms with Crippen molar-refractivity contribution in [3.8, 4) is 0 Å². The first kappa shape index (κ1) is 158. The highest BCUT2D eigenvalue weighted by Crippen LogP contribution is 2.27. The Balaban J connectivity index is -0.0000000949. The highest BCUT2D eigenvalue weighted by Gasteiger charge is 2.39. The Morgan fingerprint density at radius 1 is 0.136 bits per heavy atom. The lowest BCUT2D eigenvalue weighted by molar-refractivity contribution is -0.127. The quantitative estimate of drug-likeness (QED) is 0.0566. The number of hydrogen-bond donors (Lipinski definition) is 0. The summed E-state index contributed by atoms with van der Waals surface area (Å²) >= 11 is 0. The van der Waals surface area contributed by atoms with Crippen LogP contribution in [0.25, 0.3) is 0 Å². The molecular weight excluding hydrogens is 1670 g/mol. The van der Waals surface area contributed by atoms with Crippen molar-refractivity contribution in [2.75, 3.05) is 21.3 Å². The van der Waals surface area contributed by atoms with E-state index in [0.717, 1.165) is 167 Å². The van der Waals surface area contributed by atoms with Crippen LogP contribution in [0.1, 0.15) is 554 Å². The summed E-state index contributed by atoms with van der Waals surface area (Å²) in [5, 5.41) is 0. The van der Waals surface area contributed by atoms with Gasteiger partial charge >= 0.3 is 8.80 Å². The highest BCUT2D eigenvalue weighted by atomic mass is 28.4. The fourth-order valence-corrected chi connectivity index (χ4v) is 10.7. The minimum atomic E-state index is -2.58. The molecule has 0 saturated carbocycles. The Labute approximate surface area is 822 Å². The molecule has 0 spiro atoms. The number of rotatable bonds is 32. The van der Waals surface area contributed by atoms with Gasteiger partial charge in [-0.1, -0.05) is 381 Å². The van der Waals surface area contributed by atoms with Gasteiger partial charge in [-0.3, -0.25) is 67.1 Å². The SMILES string of the molecule is CCCC(=O)C(C)(C)C.CCCC(=O)C(C)(C)C.CCCC(=O)C(C)(C)C.CCCC(=O)C(C)(C)C.CCCC(=O)C(C)(C)C.CCCC(=O)C(C)(C)C.CCCC(=O)C(C)(C)C.CCCC(=O)C(C)(C)C.CCCC(=O)C(C)(C)C.CCCC(=O)C(C)(C)C.CCCC(=O)C(C)(C)C.CCCC(=O)C(C)(C)C.CCCC(=O)C(C)(C)C.CO[Si](CCC(=O)C(C)(C)C)(OC)OC. The van der Waals surface area contributed by atoms with Gasteiger partial charge in [0.25, 0.3) is 0 Å². The van der Waals surface area contributed by atoms with Gasteiger partial charge in [0.2, 0.25) is 0 Å². The molecule has 0 unspecified atom stereocenters. The monoisotopic (exact) mass is 1900 g/mol. The fraction of sp³-hybridized carbons (Fsp3) is 0.877. The van der Waals surface area contributed by atoms with E-state index < -0.39 is 8.80 Å². The second-order valence-electron chi connectivity index (χ2n) is 49.0. The van der Waals surface area contributed by atoms with Crippen molar-refractivity contribution < 1.29 is 80.4 Å². The Morgan fingerprint density at radius 3 is 0.235 bits per heavy atom. The molecule has 0 fully saturated rings. The minimum Gasteiger partial charge on any atom is -0.377 e. The summed E-state index contributed by atoms with van der Waals surface area (Å²) in [7, 11) is 2.09. The van der Waals surface area contributed by atoms with E-state index in [1.807, 2.05) is 381 Å². The van der Waals surface area contributed by atoms with Crippen LogP contribution in [0.5, 0.6) is 0 Å². The molecule has 0 aromatic heterocycles. The van der Waals surface area contributed by atoms with E-state index in [1.54, 1.807) is 21.3 Å². The van der Waals surface area contributed by atoms with Crippen LogP contribution < -0.4 is 0 Å². The van der Waals surface area contributed by atoms with E-state index in [-0.39, 0.29) is 81.6 Å². The van der Waals surface area contributed by atoms with Crippen LogP contribution in [0.15, 0.2) is 0 Å². The normalized spacial score (nSPS) is 11.7. The number of Topliss-reactive ketones (excluding diaryl/α,β-unsaturated/α-hetero) is 14. The predicted octanol–water partition coefficient (Wildman–Crippen LogP) is 33.1. The van der Waals surface area contributed by atoms with Gasteiger partial charge in [0.15, 0.2) is 0 Å². The molecule has 0 aromatic rings. The van der Waals surface area contributed by atoms with Gasteiger partial charge in [0.1, 0.15) is 81.0 Å². The lowest BCUT2D eigenvalue weighted by Gasteiger charge is -2.25. The van der Waals surface area contributed by atoms with Crippen molar-refractivity contribution in [3.63, 3.8) is 0 Å². The molecule has 0 radical (unpaired) electrons. The smallest absolute Gasteiger partial charge is 0.377 e. The van der Waals surface area contributed by atoms with Crippen LogP contribution in [-0.4, -0.2) is 111 Å². The molecule has 0 N–H and O–H groups in total. The van der Waals surface area contributed by atoms with Gasteiger partial charge in [-0.25, -0.2) is 0 Å². The summed E-state index contributed by atoms with van der Waals surface area (Å²) in [5.74, 6) is 4.95. The first-order valence-electron chi connectivity index (χ1n) is 50.7. The minimum absolute atomic E-state index is 0.129. The molecule has 132 heavy (non-hydrogen) atoms. The Hall–Kier alpha value is -4.52. The standard InChI is InChI=1S/C10H22O4Si.13C8H16O/c1-10(2,3)9(11)7-8-15(12-4,13-5)14-6;13*1-5-6-7(9)8(2,3)4/h7-8H2,1-6H3;13*5-6H2,1-4H3. The predicted molar refractivity (Wildman–Crippen MR) is 572 cm³/mol. The summed E-state index contributed by atoms with van der Waals surface area (Å²) in [6.07, 6.45) is 22.5. The van der Waals surface area contributed by atoms with Gasteiger partial charge in [-0.15, -0.1) is 0 Å². The average molecular weight is 1900 g/mol. The molecule has 0 aliphatic rings. The molecule has 792 valence electrons. The van der Waals surface area contributed by atoms with Crippen LogP contribution in [-0.2, 0) is 80.4 Å². The first-order valence-corrected chi connectivity index (χ1v) is 52.6. The van der Waals surface area contributed by atoms with Crippen molar-refractivity contribution in [1.82, 2.24) is 0 Å². The summed E-state index contributed by atoms with van der Waals surface area (Å²) in [4.78, 5) is 156. The number of hydrogen-bond acceptors (Lipinski definition) is 17. The summed E-state index contributed by atoms with van der Waals surface area (Å²) in [5.41, 5.74) is -1.99. The molecule has 0 aliphatic carbocycles. The van der Waals surface area contributed by atoms with E-state index in [0.29, 0.717) is 87.6 Å². The Morgan fingerprint density at radius 2 is 0.197 bits per heavy atom. The van der Waals surface area contributed by atoms with Gasteiger partial charge in [-0.2, -0.15) is 0 Å². The van der Waals surface area contributed by atoms with Crippen molar-refractivity contribution in [2.24, 2.45) is 75.8 Å². The van der Waals surface area contributed by atoms with E-state index in [4.69, 9.17) is 13.3 Å². The molecule has 0 atom stereocenters. The van der Waals surface area contributed by atoms with Gasteiger partial charge < -0.3 is 13.3 Å². The summed E-state index contributed by atoms with van der Waals surface area (Å²) < 4.78 is 15.7. The molecule has 18 heteroatoms. The fourth-order valence-electron chi connectivity index (χ4n) is 9.02. The van der Waals surface area contributed by atoms with Crippen molar-refractivity contribution >= 4 is 89.8 Å². The molecule has 0 bridgehead atoms. The third kappa shape index (κ3) is 109. The lowest BCUT2D eigenvalue weighted by atomic mass is 9.88. The van der Waals surface area contributed by atoms with E-state index in [1.165, 1.54) is 0 Å². The zero-order valence-corrected chi connectivity index (χ0v) is 100. The van der Waals surface area contributed by atoms with Gasteiger partial charge in [0, 0.05) is 193 Å². The Kier molecular flexibility index (Phi) is 95.1.